The SMILES string of the molecule is CCN(CC)CC.O=P(O)(O)O[C@@H]1O[C@H](COCCOCCOCCOCc2ccc3ccccc3c2)[C@H](O)[C@H](O)[C@H]1O. The van der Waals surface area contributed by atoms with E-state index in [1.54, 1.807) is 0 Å². The summed E-state index contributed by atoms with van der Waals surface area (Å²) in [7, 11) is -4.98. The van der Waals surface area contributed by atoms with Gasteiger partial charge in [-0.3, -0.25) is 4.52 Å². The molecule has 1 heterocycles. The number of phosphoric ester groups is 1. The van der Waals surface area contributed by atoms with Crippen LogP contribution in [0.15, 0.2) is 42.5 Å². The van der Waals surface area contributed by atoms with E-state index in [-0.39, 0.29) is 19.8 Å². The number of hydrogen-bond acceptors (Lipinski definition) is 11. The molecule has 5 N–H and O–H groups in total. The van der Waals surface area contributed by atoms with Gasteiger partial charge in [-0.05, 0) is 42.0 Å². The molecule has 1 aliphatic rings. The van der Waals surface area contributed by atoms with E-state index in [9.17, 15) is 19.9 Å². The van der Waals surface area contributed by atoms with Crippen molar-refractivity contribution >= 4 is 18.6 Å². The van der Waals surface area contributed by atoms with Crippen LogP contribution in [0, 0.1) is 0 Å². The molecule has 13 nitrogen and oxygen atoms in total. The summed E-state index contributed by atoms with van der Waals surface area (Å²) in [6, 6.07) is 14.4. The minimum Gasteiger partial charge on any atom is -0.387 e. The molecular weight excluding hydrogens is 585 g/mol. The molecule has 43 heavy (non-hydrogen) atoms. The molecule has 2 aromatic rings. The van der Waals surface area contributed by atoms with Crippen LogP contribution in [0.5, 0.6) is 0 Å². The van der Waals surface area contributed by atoms with Crippen molar-refractivity contribution in [2.24, 2.45) is 0 Å². The van der Waals surface area contributed by atoms with Gasteiger partial charge in [0.25, 0.3) is 0 Å². The van der Waals surface area contributed by atoms with Gasteiger partial charge in [0.05, 0.1) is 52.9 Å². The molecule has 0 bridgehead atoms. The average Bonchev–Trinajstić information content (AvgIpc) is 2.99. The molecule has 0 radical (unpaired) electrons. The topological polar surface area (TPSA) is 177 Å². The van der Waals surface area contributed by atoms with Crippen LogP contribution >= 0.6 is 7.82 Å². The summed E-state index contributed by atoms with van der Waals surface area (Å²) in [5.41, 5.74) is 1.10. The Balaban J connectivity index is 0.000000821. The van der Waals surface area contributed by atoms with Crippen molar-refractivity contribution in [1.29, 1.82) is 0 Å². The number of nitrogens with zero attached hydrogens (tertiary/aromatic N) is 1. The Morgan fingerprint density at radius 1 is 0.744 bits per heavy atom. The Morgan fingerprint density at radius 2 is 1.30 bits per heavy atom. The zero-order valence-electron chi connectivity index (χ0n) is 25.2. The molecule has 1 saturated heterocycles. The lowest BCUT2D eigenvalue weighted by atomic mass is 9.99. The van der Waals surface area contributed by atoms with Gasteiger partial charge in [-0.1, -0.05) is 57.2 Å². The normalized spacial score (nSPS) is 22.5. The van der Waals surface area contributed by atoms with Gasteiger partial charge in [-0.15, -0.1) is 0 Å². The van der Waals surface area contributed by atoms with Crippen molar-refractivity contribution in [2.75, 3.05) is 65.9 Å². The van der Waals surface area contributed by atoms with Gasteiger partial charge < -0.3 is 53.7 Å². The summed E-state index contributed by atoms with van der Waals surface area (Å²) < 4.78 is 42.2. The first kappa shape index (κ1) is 37.6. The Morgan fingerprint density at radius 3 is 1.86 bits per heavy atom. The summed E-state index contributed by atoms with van der Waals surface area (Å²) in [4.78, 5) is 20.1. The molecule has 1 fully saturated rings. The number of phosphoric acid groups is 1. The van der Waals surface area contributed by atoms with Gasteiger partial charge >= 0.3 is 7.82 Å². The van der Waals surface area contributed by atoms with Crippen molar-refractivity contribution in [2.45, 2.75) is 58.1 Å². The van der Waals surface area contributed by atoms with Crippen LogP contribution in [0.4, 0.5) is 0 Å². The molecule has 5 atom stereocenters. The molecule has 0 aliphatic carbocycles. The largest absolute Gasteiger partial charge is 0.472 e. The van der Waals surface area contributed by atoms with Gasteiger partial charge in [0.2, 0.25) is 0 Å². The zero-order valence-corrected chi connectivity index (χ0v) is 26.1. The fourth-order valence-corrected chi connectivity index (χ4v) is 4.67. The third kappa shape index (κ3) is 14.4. The third-order valence-electron chi connectivity index (χ3n) is 6.73. The van der Waals surface area contributed by atoms with Crippen molar-refractivity contribution in [3.05, 3.63) is 48.0 Å². The molecule has 0 amide bonds. The number of benzene rings is 2. The highest BCUT2D eigenvalue weighted by molar-refractivity contribution is 7.46. The molecular formula is C29H48NO12P. The highest BCUT2D eigenvalue weighted by Gasteiger charge is 2.46. The smallest absolute Gasteiger partial charge is 0.387 e. The minimum absolute atomic E-state index is 0.129. The maximum Gasteiger partial charge on any atom is 0.472 e. The fourth-order valence-electron chi connectivity index (χ4n) is 4.22. The summed E-state index contributed by atoms with van der Waals surface area (Å²) in [6.07, 6.45) is -8.08. The summed E-state index contributed by atoms with van der Waals surface area (Å²) in [5, 5.41) is 31.9. The van der Waals surface area contributed by atoms with Gasteiger partial charge in [0.1, 0.15) is 24.4 Å². The van der Waals surface area contributed by atoms with E-state index >= 15 is 0 Å². The zero-order chi connectivity index (χ0) is 31.7. The number of aliphatic hydroxyl groups is 3. The first-order valence-corrected chi connectivity index (χ1v) is 16.1. The lowest BCUT2D eigenvalue weighted by molar-refractivity contribution is -0.283. The predicted molar refractivity (Wildman–Crippen MR) is 159 cm³/mol. The van der Waals surface area contributed by atoms with Crippen molar-refractivity contribution in [3.63, 3.8) is 0 Å². The Kier molecular flexibility index (Phi) is 17.9. The van der Waals surface area contributed by atoms with E-state index in [1.165, 1.54) is 30.4 Å². The van der Waals surface area contributed by atoms with E-state index in [0.29, 0.717) is 33.0 Å². The molecule has 1 aliphatic heterocycles. The van der Waals surface area contributed by atoms with Crippen LogP contribution < -0.4 is 0 Å². The molecule has 0 unspecified atom stereocenters. The van der Waals surface area contributed by atoms with E-state index < -0.39 is 38.5 Å². The molecule has 3 rings (SSSR count). The summed E-state index contributed by atoms with van der Waals surface area (Å²) >= 11 is 0. The number of hydrogen-bond donors (Lipinski definition) is 5. The van der Waals surface area contributed by atoms with Gasteiger partial charge in [-0.25, -0.2) is 4.57 Å². The van der Waals surface area contributed by atoms with Crippen LogP contribution in [-0.4, -0.2) is 127 Å². The Labute approximate surface area is 253 Å². The van der Waals surface area contributed by atoms with Crippen LogP contribution in [0.3, 0.4) is 0 Å². The first-order chi connectivity index (χ1) is 20.6. The predicted octanol–water partition coefficient (Wildman–Crippen LogP) is 1.67. The highest BCUT2D eigenvalue weighted by atomic mass is 31.2. The summed E-state index contributed by atoms with van der Waals surface area (Å²) in [6.45, 7) is 12.3. The second kappa shape index (κ2) is 20.5. The Bertz CT molecular complexity index is 1060. The first-order valence-electron chi connectivity index (χ1n) is 14.5. The molecule has 2 aromatic carbocycles. The monoisotopic (exact) mass is 633 g/mol. The van der Waals surface area contributed by atoms with E-state index in [1.807, 2.05) is 18.2 Å². The van der Waals surface area contributed by atoms with E-state index in [4.69, 9.17) is 33.5 Å². The standard InChI is InChI=1S/C23H33O12P.C6H15N/c24-20-19(34-23(22(26)21(20)25)35-36(27,28)29)15-33-12-10-31-8-7-30-9-11-32-14-16-5-6-17-3-1-2-4-18(17)13-16;1-4-7(5-2)6-3/h1-6,13,19-26H,7-12,14-15H2,(H2,27,28,29);4-6H2,1-3H3/t19-,20+,21+,22-,23+;/m1./s1. The molecule has 0 spiro atoms. The molecule has 14 heteroatoms. The third-order valence-corrected chi connectivity index (χ3v) is 7.21. The van der Waals surface area contributed by atoms with Gasteiger partial charge in [-0.2, -0.15) is 0 Å². The minimum atomic E-state index is -4.98. The number of aliphatic hydroxyl groups excluding tert-OH is 3. The van der Waals surface area contributed by atoms with Crippen LogP contribution in [-0.2, 0) is 39.4 Å². The van der Waals surface area contributed by atoms with Crippen molar-refractivity contribution in [3.8, 4) is 0 Å². The number of rotatable bonds is 18. The quantitative estimate of drug-likeness (QED) is 0.118. The lowest BCUT2D eigenvalue weighted by Crippen LogP contribution is -2.59. The maximum atomic E-state index is 11.0. The molecule has 0 aromatic heterocycles. The number of ether oxygens (including phenoxy) is 5. The van der Waals surface area contributed by atoms with Crippen LogP contribution in [0.2, 0.25) is 0 Å². The maximum absolute atomic E-state index is 11.0. The number of fused-ring (bicyclic) bond motifs is 1. The van der Waals surface area contributed by atoms with E-state index in [0.717, 1.165) is 5.56 Å². The molecule has 0 saturated carbocycles. The van der Waals surface area contributed by atoms with E-state index in [2.05, 4.69) is 54.5 Å². The lowest BCUT2D eigenvalue weighted by Gasteiger charge is -2.39. The molecule has 246 valence electrons. The van der Waals surface area contributed by atoms with Crippen LogP contribution in [0.25, 0.3) is 10.8 Å². The van der Waals surface area contributed by atoms with Crippen molar-refractivity contribution < 1.29 is 57.9 Å². The average molecular weight is 634 g/mol. The summed E-state index contributed by atoms with van der Waals surface area (Å²) in [5.74, 6) is 0. The van der Waals surface area contributed by atoms with Gasteiger partial charge in [0.15, 0.2) is 6.29 Å². The fraction of sp³-hybridized carbons (Fsp3) is 0.655. The van der Waals surface area contributed by atoms with Crippen LogP contribution in [0.1, 0.15) is 26.3 Å². The Hall–Kier alpha value is -1.55. The second-order valence-electron chi connectivity index (χ2n) is 9.76. The second-order valence-corrected chi connectivity index (χ2v) is 11.0. The van der Waals surface area contributed by atoms with Gasteiger partial charge in [0, 0.05) is 0 Å². The van der Waals surface area contributed by atoms with Crippen molar-refractivity contribution in [1.82, 2.24) is 4.90 Å². The highest BCUT2D eigenvalue weighted by Crippen LogP contribution is 2.40.